The van der Waals surface area contributed by atoms with Gasteiger partial charge in [0.25, 0.3) is 0 Å². The quantitative estimate of drug-likeness (QED) is 0.725. The van der Waals surface area contributed by atoms with E-state index in [-0.39, 0.29) is 17.1 Å². The molecule has 0 spiro atoms. The first-order chi connectivity index (χ1) is 9.38. The van der Waals surface area contributed by atoms with E-state index in [4.69, 9.17) is 16.3 Å². The molecule has 2 rings (SSSR count). The Bertz CT molecular complexity index is 464. The molecule has 0 aromatic carbocycles. The van der Waals surface area contributed by atoms with E-state index in [1.54, 1.807) is 0 Å². The molecule has 1 aliphatic rings. The number of halogens is 4. The van der Waals surface area contributed by atoms with Crippen LogP contribution < -0.4 is 4.74 Å². The molecule has 0 saturated heterocycles. The molecular weight excluding hydrogens is 291 g/mol. The zero-order valence-electron chi connectivity index (χ0n) is 11.2. The summed E-state index contributed by atoms with van der Waals surface area (Å²) >= 11 is 5.64. The Balaban J connectivity index is 2.11. The monoisotopic (exact) mass is 307 g/mol. The van der Waals surface area contributed by atoms with E-state index in [1.165, 1.54) is 0 Å². The lowest BCUT2D eigenvalue weighted by atomic mass is 9.85. The Morgan fingerprint density at radius 1 is 1.35 bits per heavy atom. The summed E-state index contributed by atoms with van der Waals surface area (Å²) in [5, 5.41) is -0.197. The Hall–Kier alpha value is -0.970. The maximum Gasteiger partial charge on any atom is 0.416 e. The van der Waals surface area contributed by atoms with Crippen molar-refractivity contribution in [2.75, 3.05) is 0 Å². The van der Waals surface area contributed by atoms with Gasteiger partial charge in [0.1, 0.15) is 11.3 Å². The van der Waals surface area contributed by atoms with Crippen LogP contribution in [-0.2, 0) is 6.18 Å². The van der Waals surface area contributed by atoms with Gasteiger partial charge in [-0.15, -0.1) is 0 Å². The van der Waals surface area contributed by atoms with Crippen molar-refractivity contribution in [3.63, 3.8) is 0 Å². The van der Waals surface area contributed by atoms with E-state index in [9.17, 15) is 13.2 Å². The number of pyridine rings is 1. The highest BCUT2D eigenvalue weighted by Crippen LogP contribution is 2.34. The van der Waals surface area contributed by atoms with E-state index in [0.29, 0.717) is 5.92 Å². The second-order valence-corrected chi connectivity index (χ2v) is 5.58. The normalized spacial score (nSPS) is 23.6. The molecule has 1 aromatic heterocycles. The summed E-state index contributed by atoms with van der Waals surface area (Å²) in [4.78, 5) is 3.84. The van der Waals surface area contributed by atoms with Crippen molar-refractivity contribution in [2.24, 2.45) is 5.92 Å². The molecule has 1 saturated carbocycles. The summed E-state index contributed by atoms with van der Waals surface area (Å²) in [7, 11) is 0. The van der Waals surface area contributed by atoms with Gasteiger partial charge >= 0.3 is 6.18 Å². The van der Waals surface area contributed by atoms with Crippen LogP contribution in [0.15, 0.2) is 12.1 Å². The zero-order valence-corrected chi connectivity index (χ0v) is 12.0. The van der Waals surface area contributed by atoms with Crippen LogP contribution in [0.1, 0.15) is 44.6 Å². The Morgan fingerprint density at radius 2 is 2.10 bits per heavy atom. The number of alkyl halides is 3. The van der Waals surface area contributed by atoms with Crippen molar-refractivity contribution in [3.05, 3.63) is 22.8 Å². The highest BCUT2D eigenvalue weighted by atomic mass is 35.5. The smallest absolute Gasteiger partial charge is 0.416 e. The summed E-state index contributed by atoms with van der Waals surface area (Å²) in [6.07, 6.45) is 0.474. The first kappa shape index (κ1) is 15.4. The fourth-order valence-corrected chi connectivity index (χ4v) is 2.79. The highest BCUT2D eigenvalue weighted by Gasteiger charge is 2.32. The van der Waals surface area contributed by atoms with E-state index in [2.05, 4.69) is 11.9 Å². The molecule has 0 amide bonds. The predicted octanol–water partition coefficient (Wildman–Crippen LogP) is 5.10. The van der Waals surface area contributed by atoms with E-state index in [0.717, 1.165) is 44.2 Å². The van der Waals surface area contributed by atoms with Gasteiger partial charge in [-0.1, -0.05) is 31.4 Å². The van der Waals surface area contributed by atoms with Gasteiger partial charge in [-0.2, -0.15) is 13.2 Å². The average Bonchev–Trinajstić information content (AvgIpc) is 2.37. The van der Waals surface area contributed by atoms with Crippen LogP contribution in [-0.4, -0.2) is 11.1 Å². The number of aromatic nitrogens is 1. The molecule has 1 heterocycles. The lowest BCUT2D eigenvalue weighted by Crippen LogP contribution is -2.25. The van der Waals surface area contributed by atoms with Crippen LogP contribution in [0.25, 0.3) is 0 Å². The number of hydrogen-bond donors (Lipinski definition) is 0. The Morgan fingerprint density at radius 3 is 2.75 bits per heavy atom. The molecule has 6 heteroatoms. The van der Waals surface area contributed by atoms with Gasteiger partial charge in [0.2, 0.25) is 5.88 Å². The van der Waals surface area contributed by atoms with E-state index < -0.39 is 11.7 Å². The molecule has 2 atom stereocenters. The summed E-state index contributed by atoms with van der Waals surface area (Å²) in [5.41, 5.74) is -0.824. The van der Waals surface area contributed by atoms with Crippen LogP contribution in [0.3, 0.4) is 0 Å². The molecule has 1 aromatic rings. The van der Waals surface area contributed by atoms with Gasteiger partial charge in [-0.25, -0.2) is 4.98 Å². The molecule has 1 aliphatic carbocycles. The molecule has 0 radical (unpaired) electrons. The van der Waals surface area contributed by atoms with Crippen molar-refractivity contribution in [3.8, 4) is 5.88 Å². The standard InChI is InChI=1S/C14H17ClF3NO/c1-2-9-4-3-5-11(6-9)20-13-8-10(14(16,17)18)7-12(15)19-13/h7-9,11H,2-6H2,1H3. The van der Waals surface area contributed by atoms with Gasteiger partial charge < -0.3 is 4.74 Å². The SMILES string of the molecule is CCC1CCCC(Oc2cc(C(F)(F)F)cc(Cl)n2)C1. The van der Waals surface area contributed by atoms with Crippen LogP contribution >= 0.6 is 11.6 Å². The molecule has 2 nitrogen and oxygen atoms in total. The van der Waals surface area contributed by atoms with Crippen LogP contribution in [0.4, 0.5) is 13.2 Å². The van der Waals surface area contributed by atoms with Gasteiger partial charge in [0, 0.05) is 6.07 Å². The third-order valence-corrected chi connectivity index (χ3v) is 3.89. The fourth-order valence-electron chi connectivity index (χ4n) is 2.59. The maximum absolute atomic E-state index is 12.7. The number of ether oxygens (including phenoxy) is 1. The summed E-state index contributed by atoms with van der Waals surface area (Å²) in [6, 6.07) is 1.73. The molecule has 0 aliphatic heterocycles. The number of hydrogen-bond acceptors (Lipinski definition) is 2. The summed E-state index contributed by atoms with van der Waals surface area (Å²) in [5.74, 6) is 0.543. The van der Waals surface area contributed by atoms with Crippen molar-refractivity contribution in [2.45, 2.75) is 51.3 Å². The van der Waals surface area contributed by atoms with E-state index >= 15 is 0 Å². The lowest BCUT2D eigenvalue weighted by molar-refractivity contribution is -0.137. The largest absolute Gasteiger partial charge is 0.474 e. The maximum atomic E-state index is 12.7. The molecular formula is C14H17ClF3NO. The minimum absolute atomic E-state index is 0.0356. The average molecular weight is 308 g/mol. The minimum atomic E-state index is -4.44. The predicted molar refractivity (Wildman–Crippen MR) is 70.9 cm³/mol. The van der Waals surface area contributed by atoms with Crippen LogP contribution in [0.2, 0.25) is 5.15 Å². The van der Waals surface area contributed by atoms with Crippen LogP contribution in [0.5, 0.6) is 5.88 Å². The Labute approximate surface area is 121 Å². The summed E-state index contributed by atoms with van der Waals surface area (Å²) in [6.45, 7) is 2.12. The van der Waals surface area contributed by atoms with Gasteiger partial charge in [-0.3, -0.25) is 0 Å². The zero-order chi connectivity index (χ0) is 14.8. The molecule has 1 fully saturated rings. The molecule has 0 bridgehead atoms. The Kier molecular flexibility index (Phi) is 4.78. The highest BCUT2D eigenvalue weighted by molar-refractivity contribution is 6.29. The second kappa shape index (κ2) is 6.20. The van der Waals surface area contributed by atoms with Crippen molar-refractivity contribution >= 4 is 11.6 Å². The third kappa shape index (κ3) is 4.01. The molecule has 0 N–H and O–H groups in total. The number of rotatable bonds is 3. The molecule has 2 unspecified atom stereocenters. The first-order valence-electron chi connectivity index (χ1n) is 6.80. The summed E-state index contributed by atoms with van der Waals surface area (Å²) < 4.78 is 43.7. The molecule has 112 valence electrons. The van der Waals surface area contributed by atoms with Gasteiger partial charge in [-0.05, 0) is 31.2 Å². The van der Waals surface area contributed by atoms with E-state index in [1.807, 2.05) is 0 Å². The lowest BCUT2D eigenvalue weighted by Gasteiger charge is -2.28. The van der Waals surface area contributed by atoms with Crippen LogP contribution in [0, 0.1) is 5.92 Å². The topological polar surface area (TPSA) is 22.1 Å². The minimum Gasteiger partial charge on any atom is -0.474 e. The van der Waals surface area contributed by atoms with Gasteiger partial charge in [0.05, 0.1) is 5.56 Å². The first-order valence-corrected chi connectivity index (χ1v) is 7.17. The van der Waals surface area contributed by atoms with Crippen molar-refractivity contribution < 1.29 is 17.9 Å². The third-order valence-electron chi connectivity index (χ3n) is 3.70. The van der Waals surface area contributed by atoms with Crippen molar-refractivity contribution in [1.29, 1.82) is 0 Å². The number of nitrogens with zero attached hydrogens (tertiary/aromatic N) is 1. The molecule has 20 heavy (non-hydrogen) atoms. The van der Waals surface area contributed by atoms with Gasteiger partial charge in [0.15, 0.2) is 0 Å². The second-order valence-electron chi connectivity index (χ2n) is 5.20. The fraction of sp³-hybridized carbons (Fsp3) is 0.643. The van der Waals surface area contributed by atoms with Crippen molar-refractivity contribution in [1.82, 2.24) is 4.98 Å².